The normalized spacial score (nSPS) is 13.0. The molecule has 0 saturated heterocycles. The second-order valence-corrected chi connectivity index (χ2v) is 8.71. The molecule has 1 aromatic heterocycles. The molecule has 1 amide bonds. The van der Waals surface area contributed by atoms with Gasteiger partial charge < -0.3 is 24.3 Å². The summed E-state index contributed by atoms with van der Waals surface area (Å²) >= 11 is 6.14. The average molecular weight is 477 g/mol. The lowest BCUT2D eigenvalue weighted by Crippen LogP contribution is -2.33. The van der Waals surface area contributed by atoms with Gasteiger partial charge in [0.25, 0.3) is 5.91 Å². The predicted octanol–water partition coefficient (Wildman–Crippen LogP) is 5.04. The number of benzene rings is 3. The van der Waals surface area contributed by atoms with Crippen LogP contribution >= 0.6 is 11.6 Å². The number of hydrogen-bond donors (Lipinski definition) is 1. The topological polar surface area (TPSA) is 68.6 Å². The van der Waals surface area contributed by atoms with E-state index in [2.05, 4.69) is 14.8 Å². The van der Waals surface area contributed by atoms with E-state index in [-0.39, 0.29) is 12.5 Å². The van der Waals surface area contributed by atoms with E-state index in [4.69, 9.17) is 26.1 Å². The lowest BCUT2D eigenvalue weighted by atomic mass is 10.2. The Hall–Kier alpha value is -3.71. The summed E-state index contributed by atoms with van der Waals surface area (Å²) in [6.07, 6.45) is 0. The fraction of sp³-hybridized carbons (Fsp3) is 0.231. The first-order chi connectivity index (χ1) is 16.5. The highest BCUT2D eigenvalue weighted by Gasteiger charge is 2.21. The number of anilines is 2. The van der Waals surface area contributed by atoms with E-state index in [1.54, 1.807) is 7.11 Å². The maximum absolute atomic E-state index is 12.4. The van der Waals surface area contributed by atoms with Crippen molar-refractivity contribution < 1.29 is 14.3 Å². The van der Waals surface area contributed by atoms with Crippen LogP contribution in [0.5, 0.6) is 11.5 Å². The van der Waals surface area contributed by atoms with Crippen molar-refractivity contribution in [3.05, 3.63) is 77.1 Å². The molecule has 5 rings (SSSR count). The van der Waals surface area contributed by atoms with Crippen LogP contribution in [0, 0.1) is 6.92 Å². The summed E-state index contributed by atoms with van der Waals surface area (Å²) in [7, 11) is 1.59. The van der Waals surface area contributed by atoms with Gasteiger partial charge in [-0.3, -0.25) is 4.79 Å². The van der Waals surface area contributed by atoms with Crippen molar-refractivity contribution in [2.24, 2.45) is 0 Å². The molecule has 1 N–H and O–H groups in total. The molecule has 1 aliphatic rings. The van der Waals surface area contributed by atoms with Crippen LogP contribution in [0.4, 0.5) is 11.4 Å². The van der Waals surface area contributed by atoms with Crippen LogP contribution < -0.4 is 19.7 Å². The maximum atomic E-state index is 12.4. The minimum absolute atomic E-state index is 0.0826. The Morgan fingerprint density at radius 1 is 1.12 bits per heavy atom. The molecule has 0 aliphatic carbocycles. The number of halogens is 1. The Bertz CT molecular complexity index is 1370. The Morgan fingerprint density at radius 2 is 2.00 bits per heavy atom. The smallest absolute Gasteiger partial charge is 0.262 e. The van der Waals surface area contributed by atoms with Gasteiger partial charge in [-0.1, -0.05) is 23.7 Å². The third-order valence-corrected chi connectivity index (χ3v) is 6.13. The van der Waals surface area contributed by atoms with Gasteiger partial charge in [-0.25, -0.2) is 4.98 Å². The first-order valence-corrected chi connectivity index (χ1v) is 11.4. The fourth-order valence-electron chi connectivity index (χ4n) is 4.23. The number of carbonyl (C=O) groups excluding carboxylic acids is 1. The Labute approximate surface area is 202 Å². The van der Waals surface area contributed by atoms with Gasteiger partial charge in [-0.15, -0.1) is 0 Å². The molecular weight excluding hydrogens is 452 g/mol. The van der Waals surface area contributed by atoms with Crippen LogP contribution in [0.15, 0.2) is 60.7 Å². The van der Waals surface area contributed by atoms with E-state index < -0.39 is 0 Å². The van der Waals surface area contributed by atoms with Gasteiger partial charge in [0.15, 0.2) is 6.61 Å². The van der Waals surface area contributed by atoms with E-state index in [1.807, 2.05) is 67.6 Å². The number of rotatable bonds is 6. The Kier molecular flexibility index (Phi) is 6.02. The summed E-state index contributed by atoms with van der Waals surface area (Å²) in [5, 5.41) is 3.57. The summed E-state index contributed by atoms with van der Waals surface area (Å²) in [5.74, 6) is 1.99. The molecule has 0 bridgehead atoms. The predicted molar refractivity (Wildman–Crippen MR) is 134 cm³/mol. The maximum Gasteiger partial charge on any atom is 0.262 e. The molecule has 4 aromatic rings. The summed E-state index contributed by atoms with van der Waals surface area (Å²) in [5.41, 5.74) is 4.69. The van der Waals surface area contributed by atoms with Gasteiger partial charge in [-0.05, 0) is 55.0 Å². The summed E-state index contributed by atoms with van der Waals surface area (Å²) in [6.45, 7) is 4.23. The molecule has 0 radical (unpaired) electrons. The number of carbonyl (C=O) groups is 1. The first kappa shape index (κ1) is 22.1. The standard InChI is InChI=1S/C26H25ClN4O3/c1-17-4-3-5-20(12-17)34-16-26(32)29-21-8-7-19(14-24(21)33-2)30-10-11-31-23-9-6-18(27)13-22(23)28-25(31)15-30/h3-9,12-14H,10-11,15-16H2,1-2H3,(H,29,32). The molecule has 0 fully saturated rings. The second kappa shape index (κ2) is 9.27. The number of aromatic nitrogens is 2. The number of nitrogens with zero attached hydrogens (tertiary/aromatic N) is 3. The van der Waals surface area contributed by atoms with Crippen molar-refractivity contribution in [2.45, 2.75) is 20.0 Å². The molecule has 3 aromatic carbocycles. The molecule has 0 spiro atoms. The van der Waals surface area contributed by atoms with Gasteiger partial charge in [0, 0.05) is 29.9 Å². The summed E-state index contributed by atoms with van der Waals surface area (Å²) in [6, 6.07) is 19.2. The molecule has 0 atom stereocenters. The van der Waals surface area contributed by atoms with Crippen LogP contribution in [0.3, 0.4) is 0 Å². The largest absolute Gasteiger partial charge is 0.494 e. The minimum Gasteiger partial charge on any atom is -0.494 e. The van der Waals surface area contributed by atoms with E-state index in [0.29, 0.717) is 28.8 Å². The quantitative estimate of drug-likeness (QED) is 0.422. The summed E-state index contributed by atoms with van der Waals surface area (Å²) < 4.78 is 13.4. The Balaban J connectivity index is 1.28. The van der Waals surface area contributed by atoms with Crippen molar-refractivity contribution >= 4 is 39.9 Å². The van der Waals surface area contributed by atoms with Crippen LogP contribution in [0.1, 0.15) is 11.4 Å². The van der Waals surface area contributed by atoms with Crippen molar-refractivity contribution in [3.8, 4) is 11.5 Å². The van der Waals surface area contributed by atoms with Gasteiger partial charge in [0.2, 0.25) is 0 Å². The monoisotopic (exact) mass is 476 g/mol. The number of fused-ring (bicyclic) bond motifs is 3. The number of nitrogens with one attached hydrogen (secondary N) is 1. The third-order valence-electron chi connectivity index (χ3n) is 5.90. The summed E-state index contributed by atoms with van der Waals surface area (Å²) in [4.78, 5) is 19.5. The van der Waals surface area contributed by atoms with Crippen LogP contribution in [-0.2, 0) is 17.9 Å². The van der Waals surface area contributed by atoms with E-state index >= 15 is 0 Å². The molecular formula is C26H25ClN4O3. The van der Waals surface area contributed by atoms with Crippen molar-refractivity contribution in [2.75, 3.05) is 30.5 Å². The van der Waals surface area contributed by atoms with Crippen molar-refractivity contribution in [3.63, 3.8) is 0 Å². The zero-order valence-corrected chi connectivity index (χ0v) is 19.8. The number of ether oxygens (including phenoxy) is 2. The SMILES string of the molecule is COc1cc(N2CCn3c(nc4cc(Cl)ccc43)C2)ccc1NC(=O)COc1cccc(C)c1. The number of imidazole rings is 1. The lowest BCUT2D eigenvalue weighted by Gasteiger charge is -2.30. The fourth-order valence-corrected chi connectivity index (χ4v) is 4.40. The van der Waals surface area contributed by atoms with Gasteiger partial charge in [0.05, 0.1) is 30.4 Å². The lowest BCUT2D eigenvalue weighted by molar-refractivity contribution is -0.118. The first-order valence-electron chi connectivity index (χ1n) is 11.1. The van der Waals surface area contributed by atoms with Gasteiger partial charge in [0.1, 0.15) is 17.3 Å². The molecule has 8 heteroatoms. The minimum atomic E-state index is -0.252. The number of methoxy groups -OCH3 is 1. The average Bonchev–Trinajstić information content (AvgIpc) is 3.19. The molecule has 34 heavy (non-hydrogen) atoms. The van der Waals surface area contributed by atoms with E-state index in [9.17, 15) is 4.79 Å². The van der Waals surface area contributed by atoms with E-state index in [0.717, 1.165) is 41.2 Å². The number of aryl methyl sites for hydroxylation is 1. The molecule has 7 nitrogen and oxygen atoms in total. The molecule has 0 saturated carbocycles. The molecule has 0 unspecified atom stereocenters. The molecule has 1 aliphatic heterocycles. The molecule has 174 valence electrons. The second-order valence-electron chi connectivity index (χ2n) is 8.27. The van der Waals surface area contributed by atoms with Gasteiger partial charge >= 0.3 is 0 Å². The van der Waals surface area contributed by atoms with Crippen molar-refractivity contribution in [1.29, 1.82) is 0 Å². The zero-order chi connectivity index (χ0) is 23.7. The van der Waals surface area contributed by atoms with Crippen molar-refractivity contribution in [1.82, 2.24) is 9.55 Å². The van der Waals surface area contributed by atoms with Gasteiger partial charge in [-0.2, -0.15) is 0 Å². The Morgan fingerprint density at radius 3 is 2.82 bits per heavy atom. The van der Waals surface area contributed by atoms with E-state index in [1.165, 1.54) is 0 Å². The van der Waals surface area contributed by atoms with Crippen LogP contribution in [-0.4, -0.2) is 35.7 Å². The third kappa shape index (κ3) is 4.52. The highest BCUT2D eigenvalue weighted by molar-refractivity contribution is 6.31. The highest BCUT2D eigenvalue weighted by Crippen LogP contribution is 2.32. The van der Waals surface area contributed by atoms with Crippen LogP contribution in [0.2, 0.25) is 5.02 Å². The number of amides is 1. The zero-order valence-electron chi connectivity index (χ0n) is 19.0. The van der Waals surface area contributed by atoms with Crippen LogP contribution in [0.25, 0.3) is 11.0 Å². The highest BCUT2D eigenvalue weighted by atomic mass is 35.5. The molecule has 2 heterocycles. The number of hydrogen-bond acceptors (Lipinski definition) is 5.